The Morgan fingerprint density at radius 3 is 2.89 bits per heavy atom. The molecule has 0 saturated carbocycles. The summed E-state index contributed by atoms with van der Waals surface area (Å²) in [5.41, 5.74) is 1.40. The van der Waals surface area contributed by atoms with Crippen molar-refractivity contribution in [2.24, 2.45) is 0 Å². The van der Waals surface area contributed by atoms with Crippen LogP contribution in [0.4, 0.5) is 0 Å². The topological polar surface area (TPSA) is 62.5 Å². The summed E-state index contributed by atoms with van der Waals surface area (Å²) in [5.74, 6) is 0.0533. The molecule has 6 heteroatoms. The number of carbonyl (C=O) groups is 1. The van der Waals surface area contributed by atoms with Gasteiger partial charge in [-0.15, -0.1) is 0 Å². The van der Waals surface area contributed by atoms with E-state index < -0.39 is 0 Å². The number of fused-ring (bicyclic) bond motifs is 1. The summed E-state index contributed by atoms with van der Waals surface area (Å²) in [5, 5.41) is 7.45. The molecule has 1 fully saturated rings. The Balaban J connectivity index is 1.81. The molecule has 0 unspecified atom stereocenters. The molecule has 0 atom stereocenters. The molecule has 1 aliphatic heterocycles. The van der Waals surface area contributed by atoms with Gasteiger partial charge in [-0.3, -0.25) is 9.78 Å². The highest BCUT2D eigenvalue weighted by atomic mass is 16.2. The SMILES string of the molecule is CNC1CCN(C(=O)c2cnn3ccncc23)CC1. The zero-order valence-corrected chi connectivity index (χ0v) is 10.9. The normalized spacial score (nSPS) is 17.0. The molecule has 0 radical (unpaired) electrons. The van der Waals surface area contributed by atoms with Crippen LogP contribution in [0.2, 0.25) is 0 Å². The number of amides is 1. The zero-order chi connectivity index (χ0) is 13.2. The molecule has 0 bridgehead atoms. The summed E-state index contributed by atoms with van der Waals surface area (Å²) in [6.07, 6.45) is 8.72. The van der Waals surface area contributed by atoms with E-state index in [1.54, 1.807) is 29.3 Å². The van der Waals surface area contributed by atoms with Crippen LogP contribution in [-0.4, -0.2) is 51.6 Å². The number of carbonyl (C=O) groups excluding carboxylic acids is 1. The van der Waals surface area contributed by atoms with E-state index in [0.717, 1.165) is 31.4 Å². The van der Waals surface area contributed by atoms with E-state index in [2.05, 4.69) is 15.4 Å². The van der Waals surface area contributed by atoms with Gasteiger partial charge in [-0.05, 0) is 19.9 Å². The maximum Gasteiger partial charge on any atom is 0.257 e. The fraction of sp³-hybridized carbons (Fsp3) is 0.462. The fourth-order valence-electron chi connectivity index (χ4n) is 2.54. The third-order valence-corrected chi connectivity index (χ3v) is 3.75. The maximum atomic E-state index is 12.5. The number of rotatable bonds is 2. The van der Waals surface area contributed by atoms with Gasteiger partial charge in [0.2, 0.25) is 0 Å². The molecular weight excluding hydrogens is 242 g/mol. The van der Waals surface area contributed by atoms with Gasteiger partial charge in [0.15, 0.2) is 0 Å². The summed E-state index contributed by atoms with van der Waals surface area (Å²) >= 11 is 0. The summed E-state index contributed by atoms with van der Waals surface area (Å²) in [4.78, 5) is 18.5. The van der Waals surface area contributed by atoms with Gasteiger partial charge in [0, 0.05) is 31.5 Å². The Morgan fingerprint density at radius 2 is 2.16 bits per heavy atom. The van der Waals surface area contributed by atoms with Crippen molar-refractivity contribution in [3.8, 4) is 0 Å². The standard InChI is InChI=1S/C13H17N5O/c1-14-10-2-5-17(6-3-10)13(19)11-8-16-18-7-4-15-9-12(11)18/h4,7-10,14H,2-3,5-6H2,1H3. The van der Waals surface area contributed by atoms with Crippen molar-refractivity contribution in [2.45, 2.75) is 18.9 Å². The zero-order valence-electron chi connectivity index (χ0n) is 10.9. The number of nitrogens with one attached hydrogen (secondary N) is 1. The maximum absolute atomic E-state index is 12.5. The first-order valence-corrected chi connectivity index (χ1v) is 6.53. The minimum absolute atomic E-state index is 0.0533. The lowest BCUT2D eigenvalue weighted by atomic mass is 10.0. The lowest BCUT2D eigenvalue weighted by Gasteiger charge is -2.31. The quantitative estimate of drug-likeness (QED) is 0.855. The van der Waals surface area contributed by atoms with E-state index in [0.29, 0.717) is 11.6 Å². The van der Waals surface area contributed by atoms with E-state index in [-0.39, 0.29) is 5.91 Å². The van der Waals surface area contributed by atoms with Gasteiger partial charge in [-0.2, -0.15) is 5.10 Å². The predicted octanol–water partition coefficient (Wildman–Crippen LogP) is 0.553. The second-order valence-corrected chi connectivity index (χ2v) is 4.82. The second kappa shape index (κ2) is 4.97. The number of hydrogen-bond donors (Lipinski definition) is 1. The average molecular weight is 259 g/mol. The van der Waals surface area contributed by atoms with Crippen LogP contribution >= 0.6 is 0 Å². The molecule has 2 aromatic heterocycles. The van der Waals surface area contributed by atoms with Crippen molar-refractivity contribution in [3.05, 3.63) is 30.4 Å². The van der Waals surface area contributed by atoms with E-state index in [9.17, 15) is 4.79 Å². The third-order valence-electron chi connectivity index (χ3n) is 3.75. The molecule has 1 N–H and O–H groups in total. The molecule has 19 heavy (non-hydrogen) atoms. The van der Waals surface area contributed by atoms with Crippen LogP contribution in [-0.2, 0) is 0 Å². The third kappa shape index (κ3) is 2.19. The predicted molar refractivity (Wildman–Crippen MR) is 71.0 cm³/mol. The highest BCUT2D eigenvalue weighted by Crippen LogP contribution is 2.16. The Kier molecular flexibility index (Phi) is 3.16. The van der Waals surface area contributed by atoms with Crippen molar-refractivity contribution in [3.63, 3.8) is 0 Å². The largest absolute Gasteiger partial charge is 0.338 e. The summed E-state index contributed by atoms with van der Waals surface area (Å²) in [7, 11) is 1.97. The molecular formula is C13H17N5O. The van der Waals surface area contributed by atoms with E-state index in [1.165, 1.54) is 0 Å². The lowest BCUT2D eigenvalue weighted by molar-refractivity contribution is 0.0709. The van der Waals surface area contributed by atoms with Crippen LogP contribution in [0.3, 0.4) is 0 Å². The minimum atomic E-state index is 0.0533. The molecule has 0 spiro atoms. The summed E-state index contributed by atoms with van der Waals surface area (Å²) < 4.78 is 1.68. The molecule has 2 aromatic rings. The van der Waals surface area contributed by atoms with Gasteiger partial charge in [0.05, 0.1) is 23.5 Å². The highest BCUT2D eigenvalue weighted by Gasteiger charge is 2.24. The molecule has 1 aliphatic rings. The Hall–Kier alpha value is -1.95. The first-order chi connectivity index (χ1) is 9.29. The Labute approximate surface area is 111 Å². The molecule has 3 heterocycles. The van der Waals surface area contributed by atoms with Crippen LogP contribution in [0, 0.1) is 0 Å². The van der Waals surface area contributed by atoms with E-state index >= 15 is 0 Å². The molecule has 0 aliphatic carbocycles. The van der Waals surface area contributed by atoms with Gasteiger partial charge in [0.25, 0.3) is 5.91 Å². The van der Waals surface area contributed by atoms with Gasteiger partial charge < -0.3 is 10.2 Å². The van der Waals surface area contributed by atoms with Gasteiger partial charge in [0.1, 0.15) is 0 Å². The summed E-state index contributed by atoms with van der Waals surface area (Å²) in [6.45, 7) is 1.59. The van der Waals surface area contributed by atoms with Crippen LogP contribution in [0.5, 0.6) is 0 Å². The van der Waals surface area contributed by atoms with Crippen molar-refractivity contribution < 1.29 is 4.79 Å². The van der Waals surface area contributed by atoms with Crippen LogP contribution in [0.1, 0.15) is 23.2 Å². The molecule has 1 amide bonds. The number of aromatic nitrogens is 3. The molecule has 1 saturated heterocycles. The Morgan fingerprint density at radius 1 is 1.37 bits per heavy atom. The van der Waals surface area contributed by atoms with Crippen molar-refractivity contribution >= 4 is 11.4 Å². The molecule has 3 rings (SSSR count). The summed E-state index contributed by atoms with van der Waals surface area (Å²) in [6, 6.07) is 0.523. The first kappa shape index (κ1) is 12.1. The van der Waals surface area contributed by atoms with Gasteiger partial charge >= 0.3 is 0 Å². The van der Waals surface area contributed by atoms with Crippen LogP contribution < -0.4 is 5.32 Å². The van der Waals surface area contributed by atoms with E-state index in [1.807, 2.05) is 11.9 Å². The highest BCUT2D eigenvalue weighted by molar-refractivity contribution is 6.00. The molecule has 100 valence electrons. The molecule has 0 aromatic carbocycles. The lowest BCUT2D eigenvalue weighted by Crippen LogP contribution is -2.43. The second-order valence-electron chi connectivity index (χ2n) is 4.82. The van der Waals surface area contributed by atoms with Gasteiger partial charge in [-0.25, -0.2) is 4.52 Å². The average Bonchev–Trinajstić information content (AvgIpc) is 2.90. The monoisotopic (exact) mass is 259 g/mol. The molecule has 6 nitrogen and oxygen atoms in total. The van der Waals surface area contributed by atoms with Crippen LogP contribution in [0.25, 0.3) is 5.52 Å². The first-order valence-electron chi connectivity index (χ1n) is 6.53. The van der Waals surface area contributed by atoms with Crippen molar-refractivity contribution in [1.29, 1.82) is 0 Å². The number of likely N-dealkylation sites (tertiary alicyclic amines) is 1. The van der Waals surface area contributed by atoms with Crippen LogP contribution in [0.15, 0.2) is 24.8 Å². The number of hydrogen-bond acceptors (Lipinski definition) is 4. The number of nitrogens with zero attached hydrogens (tertiary/aromatic N) is 4. The Bertz CT molecular complexity index is 585. The minimum Gasteiger partial charge on any atom is -0.338 e. The fourth-order valence-corrected chi connectivity index (χ4v) is 2.54. The van der Waals surface area contributed by atoms with Gasteiger partial charge in [-0.1, -0.05) is 0 Å². The van der Waals surface area contributed by atoms with Crippen molar-refractivity contribution in [2.75, 3.05) is 20.1 Å². The van der Waals surface area contributed by atoms with Crippen molar-refractivity contribution in [1.82, 2.24) is 24.8 Å². The number of piperidine rings is 1. The van der Waals surface area contributed by atoms with E-state index in [4.69, 9.17) is 0 Å². The smallest absolute Gasteiger partial charge is 0.257 e.